The predicted molar refractivity (Wildman–Crippen MR) is 127 cm³/mol. The molecule has 5 aliphatic carbocycles. The zero-order valence-electron chi connectivity index (χ0n) is 18.6. The van der Waals surface area contributed by atoms with Gasteiger partial charge in [0, 0.05) is 17.5 Å². The summed E-state index contributed by atoms with van der Waals surface area (Å²) in [5.74, 6) is 1.37. The summed E-state index contributed by atoms with van der Waals surface area (Å²) in [6, 6.07) is 16.9. The van der Waals surface area contributed by atoms with Crippen LogP contribution >= 0.6 is 11.6 Å². The minimum Gasteiger partial charge on any atom is -0.449 e. The van der Waals surface area contributed by atoms with E-state index in [0.717, 1.165) is 32.1 Å². The lowest BCUT2D eigenvalue weighted by Crippen LogP contribution is -2.66. The molecule has 7 rings (SSSR count). The number of ether oxygens (including phenoxy) is 1. The molecular formula is C27H29ClN2O3. The van der Waals surface area contributed by atoms with Crippen molar-refractivity contribution >= 4 is 23.6 Å². The molecule has 4 saturated carbocycles. The van der Waals surface area contributed by atoms with Gasteiger partial charge in [-0.2, -0.15) is 0 Å². The number of carbonyl (C=O) groups excluding carboxylic acids is 2. The van der Waals surface area contributed by atoms with Gasteiger partial charge in [-0.1, -0.05) is 48.5 Å². The van der Waals surface area contributed by atoms with Gasteiger partial charge in [0.05, 0.1) is 0 Å². The highest BCUT2D eigenvalue weighted by Crippen LogP contribution is 2.55. The second-order valence-corrected chi connectivity index (χ2v) is 10.7. The third kappa shape index (κ3) is 3.61. The Hall–Kier alpha value is -2.53. The van der Waals surface area contributed by atoms with Crippen LogP contribution in [0.25, 0.3) is 11.1 Å². The Labute approximate surface area is 199 Å². The molecule has 33 heavy (non-hydrogen) atoms. The summed E-state index contributed by atoms with van der Waals surface area (Å²) < 4.78 is 5.82. The van der Waals surface area contributed by atoms with Gasteiger partial charge in [0.1, 0.15) is 12.5 Å². The standard InChI is InChI=1S/C27H29ClN2O3/c28-14-24(31)30-27-11-16-9-17(12-27)25(18(10-16)13-27)29-26(32)33-15-23-21-7-3-1-5-19(21)20-6-2-4-8-22(20)23/h1-8,16-18,23,25H,9-15H2,(H,29,32)(H,30,31)/t16?,17-,18+,25?,27?. The number of alkyl carbamates (subject to hydrolysis) is 1. The number of carbonyl (C=O) groups is 2. The molecule has 4 bridgehead atoms. The van der Waals surface area contributed by atoms with Gasteiger partial charge < -0.3 is 15.4 Å². The average Bonchev–Trinajstić information content (AvgIpc) is 3.13. The average molecular weight is 465 g/mol. The molecule has 5 atom stereocenters. The summed E-state index contributed by atoms with van der Waals surface area (Å²) in [5, 5.41) is 6.43. The molecule has 2 aromatic rings. The van der Waals surface area contributed by atoms with Gasteiger partial charge in [0.25, 0.3) is 0 Å². The fourth-order valence-corrected chi connectivity index (χ4v) is 7.59. The lowest BCUT2D eigenvalue weighted by molar-refractivity contribution is -0.125. The smallest absolute Gasteiger partial charge is 0.407 e. The van der Waals surface area contributed by atoms with E-state index in [4.69, 9.17) is 16.3 Å². The van der Waals surface area contributed by atoms with E-state index in [1.807, 2.05) is 12.1 Å². The molecule has 0 saturated heterocycles. The Morgan fingerprint density at radius 2 is 1.55 bits per heavy atom. The Bertz CT molecular complexity index is 1040. The zero-order valence-corrected chi connectivity index (χ0v) is 19.3. The quantitative estimate of drug-likeness (QED) is 0.623. The zero-order chi connectivity index (χ0) is 22.6. The van der Waals surface area contributed by atoms with E-state index in [1.165, 1.54) is 22.3 Å². The van der Waals surface area contributed by atoms with Crippen molar-refractivity contribution in [2.45, 2.75) is 49.6 Å². The third-order valence-electron chi connectivity index (χ3n) is 8.43. The van der Waals surface area contributed by atoms with Crippen molar-refractivity contribution in [1.82, 2.24) is 10.6 Å². The minimum absolute atomic E-state index is 0.00315. The van der Waals surface area contributed by atoms with Gasteiger partial charge in [-0.05, 0) is 72.1 Å². The Morgan fingerprint density at radius 3 is 2.15 bits per heavy atom. The van der Waals surface area contributed by atoms with E-state index < -0.39 is 0 Å². The number of nitrogens with one attached hydrogen (secondary N) is 2. The summed E-state index contributed by atoms with van der Waals surface area (Å²) in [4.78, 5) is 24.9. The summed E-state index contributed by atoms with van der Waals surface area (Å²) >= 11 is 5.76. The van der Waals surface area contributed by atoms with Crippen LogP contribution in [0.5, 0.6) is 0 Å². The maximum Gasteiger partial charge on any atom is 0.407 e. The third-order valence-corrected chi connectivity index (χ3v) is 8.67. The summed E-state index contributed by atoms with van der Waals surface area (Å²) in [7, 11) is 0. The molecule has 172 valence electrons. The largest absolute Gasteiger partial charge is 0.449 e. The minimum atomic E-state index is -0.326. The van der Waals surface area contributed by atoms with Crippen LogP contribution in [-0.4, -0.2) is 36.1 Å². The monoisotopic (exact) mass is 464 g/mol. The van der Waals surface area contributed by atoms with E-state index in [2.05, 4.69) is 47.0 Å². The highest BCUT2D eigenvalue weighted by molar-refractivity contribution is 6.27. The Kier molecular flexibility index (Phi) is 5.13. The van der Waals surface area contributed by atoms with Gasteiger partial charge in [-0.3, -0.25) is 4.79 Å². The number of rotatable bonds is 5. The highest BCUT2D eigenvalue weighted by atomic mass is 35.5. The molecule has 4 fully saturated rings. The molecule has 5 aliphatic rings. The highest BCUT2D eigenvalue weighted by Gasteiger charge is 2.56. The van der Waals surface area contributed by atoms with Crippen LogP contribution in [0.3, 0.4) is 0 Å². The number of alkyl halides is 1. The van der Waals surface area contributed by atoms with Crippen molar-refractivity contribution < 1.29 is 14.3 Å². The number of halogens is 1. The first kappa shape index (κ1) is 21.0. The maximum absolute atomic E-state index is 12.9. The van der Waals surface area contributed by atoms with Gasteiger partial charge in [0.15, 0.2) is 0 Å². The van der Waals surface area contributed by atoms with Crippen LogP contribution in [0.2, 0.25) is 0 Å². The summed E-state index contributed by atoms with van der Waals surface area (Å²) in [5.41, 5.74) is 4.76. The predicted octanol–water partition coefficient (Wildman–Crippen LogP) is 4.83. The van der Waals surface area contributed by atoms with Crippen molar-refractivity contribution in [3.63, 3.8) is 0 Å². The Balaban J connectivity index is 1.12. The number of hydrogen-bond acceptors (Lipinski definition) is 3. The molecule has 6 heteroatoms. The summed E-state index contributed by atoms with van der Waals surface area (Å²) in [6.45, 7) is 0.334. The van der Waals surface area contributed by atoms with E-state index >= 15 is 0 Å². The van der Waals surface area contributed by atoms with Crippen molar-refractivity contribution in [3.8, 4) is 11.1 Å². The van der Waals surface area contributed by atoms with E-state index in [0.29, 0.717) is 24.4 Å². The van der Waals surface area contributed by atoms with Crippen LogP contribution in [0.1, 0.15) is 49.1 Å². The van der Waals surface area contributed by atoms with Crippen LogP contribution in [0.4, 0.5) is 4.79 Å². The van der Waals surface area contributed by atoms with Crippen LogP contribution in [0, 0.1) is 17.8 Å². The van der Waals surface area contributed by atoms with Gasteiger partial charge >= 0.3 is 6.09 Å². The van der Waals surface area contributed by atoms with Crippen LogP contribution in [0.15, 0.2) is 48.5 Å². The molecule has 0 aliphatic heterocycles. The number of hydrogen-bond donors (Lipinski definition) is 2. The fraction of sp³-hybridized carbons (Fsp3) is 0.481. The first-order chi connectivity index (χ1) is 16.0. The van der Waals surface area contributed by atoms with Crippen LogP contribution in [-0.2, 0) is 9.53 Å². The molecule has 0 spiro atoms. The molecule has 0 aromatic heterocycles. The molecule has 0 radical (unpaired) electrons. The van der Waals surface area contributed by atoms with E-state index in [-0.39, 0.29) is 35.4 Å². The molecular weight excluding hydrogens is 436 g/mol. The molecule has 3 unspecified atom stereocenters. The SMILES string of the molecule is O=C(CCl)NC12CC3C[C@H](C1)C(NC(=O)OCC1c4ccccc4-c4ccccc41)[C@@H](C3)C2. The topological polar surface area (TPSA) is 67.4 Å². The second-order valence-electron chi connectivity index (χ2n) is 10.4. The molecule has 5 nitrogen and oxygen atoms in total. The second kappa shape index (κ2) is 8.05. The Morgan fingerprint density at radius 1 is 0.939 bits per heavy atom. The van der Waals surface area contributed by atoms with Gasteiger partial charge in [-0.25, -0.2) is 4.79 Å². The number of benzene rings is 2. The maximum atomic E-state index is 12.9. The van der Waals surface area contributed by atoms with E-state index in [9.17, 15) is 9.59 Å². The number of amides is 2. The first-order valence-electron chi connectivity index (χ1n) is 12.0. The van der Waals surface area contributed by atoms with Gasteiger partial charge in [0.2, 0.25) is 5.91 Å². The lowest BCUT2D eigenvalue weighted by Gasteiger charge is -2.60. The van der Waals surface area contributed by atoms with Crippen molar-refractivity contribution in [2.24, 2.45) is 17.8 Å². The summed E-state index contributed by atoms with van der Waals surface area (Å²) in [6.07, 6.45) is 4.77. The molecule has 2 amide bonds. The van der Waals surface area contributed by atoms with Crippen LogP contribution < -0.4 is 10.6 Å². The van der Waals surface area contributed by atoms with Gasteiger partial charge in [-0.15, -0.1) is 11.6 Å². The normalized spacial score (nSPS) is 31.1. The molecule has 2 N–H and O–H groups in total. The van der Waals surface area contributed by atoms with Crippen molar-refractivity contribution in [3.05, 3.63) is 59.7 Å². The lowest BCUT2D eigenvalue weighted by atomic mass is 9.51. The number of fused-ring (bicyclic) bond motifs is 3. The fourth-order valence-electron chi connectivity index (χ4n) is 7.52. The first-order valence-corrected chi connectivity index (χ1v) is 12.6. The van der Waals surface area contributed by atoms with E-state index in [1.54, 1.807) is 0 Å². The molecule has 0 heterocycles. The van der Waals surface area contributed by atoms with Crippen molar-refractivity contribution in [2.75, 3.05) is 12.5 Å². The van der Waals surface area contributed by atoms with Crippen molar-refractivity contribution in [1.29, 1.82) is 0 Å². The molecule has 2 aromatic carbocycles.